The molecule has 2 heterocycles. The summed E-state index contributed by atoms with van der Waals surface area (Å²) in [4.78, 5) is 16.1. The number of hydrogen-bond donors (Lipinski definition) is 1. The average Bonchev–Trinajstić information content (AvgIpc) is 2.93. The fraction of sp³-hybridized carbons (Fsp3) is 0.429. The van der Waals surface area contributed by atoms with E-state index in [9.17, 15) is 4.79 Å². The first-order valence-electron chi connectivity index (χ1n) is 6.60. The van der Waals surface area contributed by atoms with Crippen LogP contribution in [0.4, 0.5) is 0 Å². The van der Waals surface area contributed by atoms with Crippen molar-refractivity contribution in [2.75, 3.05) is 19.8 Å². The van der Waals surface area contributed by atoms with Gasteiger partial charge in [-0.25, -0.2) is 0 Å². The third-order valence-electron chi connectivity index (χ3n) is 2.88. The number of rotatable bonds is 6. The third-order valence-corrected chi connectivity index (χ3v) is 4.15. The number of ether oxygens (including phenoxy) is 1. The van der Waals surface area contributed by atoms with Crippen molar-refractivity contribution in [1.82, 2.24) is 10.2 Å². The maximum absolute atomic E-state index is 12.3. The largest absolute Gasteiger partial charge is 0.382 e. The summed E-state index contributed by atoms with van der Waals surface area (Å²) < 4.78 is 5.27. The Hall–Kier alpha value is -1.24. The maximum Gasteiger partial charge on any atom is 0.276 e. The van der Waals surface area contributed by atoms with Gasteiger partial charge in [0.1, 0.15) is 5.70 Å². The van der Waals surface area contributed by atoms with Gasteiger partial charge in [0.15, 0.2) is 5.11 Å². The highest BCUT2D eigenvalue weighted by atomic mass is 32.1. The van der Waals surface area contributed by atoms with E-state index in [4.69, 9.17) is 17.0 Å². The van der Waals surface area contributed by atoms with Crippen molar-refractivity contribution < 1.29 is 9.53 Å². The lowest BCUT2D eigenvalue weighted by molar-refractivity contribution is -0.122. The molecule has 0 atom stereocenters. The van der Waals surface area contributed by atoms with E-state index >= 15 is 0 Å². The molecule has 6 heteroatoms. The summed E-state index contributed by atoms with van der Waals surface area (Å²) in [7, 11) is 0. The topological polar surface area (TPSA) is 41.6 Å². The lowest BCUT2D eigenvalue weighted by Crippen LogP contribution is -2.32. The van der Waals surface area contributed by atoms with Crippen LogP contribution in [0, 0.1) is 6.92 Å². The molecule has 0 unspecified atom stereocenters. The van der Waals surface area contributed by atoms with E-state index in [2.05, 4.69) is 5.32 Å². The van der Waals surface area contributed by atoms with Crippen molar-refractivity contribution in [2.24, 2.45) is 0 Å². The van der Waals surface area contributed by atoms with E-state index in [1.54, 1.807) is 16.2 Å². The molecule has 1 aliphatic heterocycles. The molecule has 0 aliphatic carbocycles. The standard InChI is InChI=1S/C14H18N2O2S2/c1-3-18-8-4-7-16-13(17)12(15-14(16)19)9-11-6-5-10(2)20-11/h5-6,9H,3-4,7-8H2,1-2H3,(H,15,19). The molecule has 1 fully saturated rings. The smallest absolute Gasteiger partial charge is 0.276 e. The van der Waals surface area contributed by atoms with Crippen LogP contribution in [0.25, 0.3) is 6.08 Å². The number of carbonyl (C=O) groups is 1. The summed E-state index contributed by atoms with van der Waals surface area (Å²) in [5.41, 5.74) is 0.549. The van der Waals surface area contributed by atoms with Crippen LogP contribution in [0.1, 0.15) is 23.1 Å². The second kappa shape index (κ2) is 6.97. The zero-order chi connectivity index (χ0) is 14.5. The molecule has 0 saturated carbocycles. The van der Waals surface area contributed by atoms with Crippen LogP contribution in [0.15, 0.2) is 17.8 Å². The number of thiophene rings is 1. The van der Waals surface area contributed by atoms with Gasteiger partial charge in [0, 0.05) is 29.5 Å². The van der Waals surface area contributed by atoms with Crippen molar-refractivity contribution in [3.63, 3.8) is 0 Å². The van der Waals surface area contributed by atoms with Crippen LogP contribution in [-0.4, -0.2) is 35.7 Å². The van der Waals surface area contributed by atoms with Crippen molar-refractivity contribution >= 4 is 40.7 Å². The van der Waals surface area contributed by atoms with Gasteiger partial charge in [-0.2, -0.15) is 0 Å². The molecule has 2 rings (SSSR count). The van der Waals surface area contributed by atoms with E-state index in [0.29, 0.717) is 30.6 Å². The Kier molecular flexibility index (Phi) is 5.28. The zero-order valence-electron chi connectivity index (χ0n) is 11.6. The van der Waals surface area contributed by atoms with E-state index < -0.39 is 0 Å². The monoisotopic (exact) mass is 310 g/mol. The fourth-order valence-electron chi connectivity index (χ4n) is 1.92. The lowest BCUT2D eigenvalue weighted by atomic mass is 10.3. The van der Waals surface area contributed by atoms with Gasteiger partial charge in [0.25, 0.3) is 5.91 Å². The second-order valence-corrected chi connectivity index (χ2v) is 6.15. The van der Waals surface area contributed by atoms with E-state index in [0.717, 1.165) is 11.3 Å². The normalized spacial score (nSPS) is 17.1. The first kappa shape index (κ1) is 15.2. The van der Waals surface area contributed by atoms with Gasteiger partial charge in [0.05, 0.1) is 0 Å². The fourth-order valence-corrected chi connectivity index (χ4v) is 3.02. The van der Waals surface area contributed by atoms with Gasteiger partial charge in [-0.1, -0.05) is 0 Å². The van der Waals surface area contributed by atoms with E-state index in [1.807, 2.05) is 32.1 Å². The minimum atomic E-state index is -0.0578. The lowest BCUT2D eigenvalue weighted by Gasteiger charge is -2.13. The van der Waals surface area contributed by atoms with Crippen molar-refractivity contribution in [3.8, 4) is 0 Å². The third kappa shape index (κ3) is 3.65. The van der Waals surface area contributed by atoms with Crippen LogP contribution in [0.3, 0.4) is 0 Å². The number of nitrogens with one attached hydrogen (secondary N) is 1. The number of amides is 1. The Morgan fingerprint density at radius 3 is 2.95 bits per heavy atom. The summed E-state index contributed by atoms with van der Waals surface area (Å²) in [5, 5.41) is 3.46. The number of thiocarbonyl (C=S) groups is 1. The van der Waals surface area contributed by atoms with Crippen LogP contribution in [0.2, 0.25) is 0 Å². The minimum Gasteiger partial charge on any atom is -0.382 e. The van der Waals surface area contributed by atoms with E-state index in [1.165, 1.54) is 4.88 Å². The van der Waals surface area contributed by atoms with E-state index in [-0.39, 0.29) is 5.91 Å². The van der Waals surface area contributed by atoms with Crippen LogP contribution in [-0.2, 0) is 9.53 Å². The first-order valence-corrected chi connectivity index (χ1v) is 7.83. The number of aryl methyl sites for hydroxylation is 1. The van der Waals surface area contributed by atoms with Gasteiger partial charge in [-0.15, -0.1) is 11.3 Å². The highest BCUT2D eigenvalue weighted by Crippen LogP contribution is 2.20. The maximum atomic E-state index is 12.3. The number of nitrogens with zero attached hydrogens (tertiary/aromatic N) is 1. The molecule has 20 heavy (non-hydrogen) atoms. The van der Waals surface area contributed by atoms with Crippen molar-refractivity contribution in [1.29, 1.82) is 0 Å². The Labute approximate surface area is 128 Å². The zero-order valence-corrected chi connectivity index (χ0v) is 13.3. The Morgan fingerprint density at radius 2 is 2.30 bits per heavy atom. The molecule has 1 aliphatic rings. The van der Waals surface area contributed by atoms with Gasteiger partial charge >= 0.3 is 0 Å². The highest BCUT2D eigenvalue weighted by molar-refractivity contribution is 7.80. The first-order chi connectivity index (χ1) is 9.61. The molecule has 4 nitrogen and oxygen atoms in total. The molecule has 108 valence electrons. The van der Waals surface area contributed by atoms with Gasteiger partial charge in [0.2, 0.25) is 0 Å². The molecule has 1 amide bonds. The molecular weight excluding hydrogens is 292 g/mol. The predicted molar refractivity (Wildman–Crippen MR) is 85.6 cm³/mol. The molecule has 1 N–H and O–H groups in total. The summed E-state index contributed by atoms with van der Waals surface area (Å²) in [6.45, 7) is 5.93. The summed E-state index contributed by atoms with van der Waals surface area (Å²) in [6.07, 6.45) is 2.64. The SMILES string of the molecule is CCOCCCN1C(=O)C(=Cc2ccc(C)s2)NC1=S. The molecular formula is C14H18N2O2S2. The van der Waals surface area contributed by atoms with Gasteiger partial charge in [-0.05, 0) is 50.7 Å². The molecule has 0 bridgehead atoms. The Morgan fingerprint density at radius 1 is 1.50 bits per heavy atom. The Balaban J connectivity index is 1.99. The molecule has 0 aromatic carbocycles. The molecule has 1 aromatic heterocycles. The number of carbonyl (C=O) groups excluding carboxylic acids is 1. The quantitative estimate of drug-likeness (QED) is 0.498. The molecule has 1 saturated heterocycles. The summed E-state index contributed by atoms with van der Waals surface area (Å²) in [6, 6.07) is 4.04. The van der Waals surface area contributed by atoms with Gasteiger partial charge in [-0.3, -0.25) is 9.69 Å². The van der Waals surface area contributed by atoms with Crippen molar-refractivity contribution in [3.05, 3.63) is 27.6 Å². The summed E-state index contributed by atoms with van der Waals surface area (Å²) in [5.74, 6) is -0.0578. The molecule has 0 spiro atoms. The van der Waals surface area contributed by atoms with Crippen molar-refractivity contribution in [2.45, 2.75) is 20.3 Å². The molecule has 1 aromatic rings. The van der Waals surface area contributed by atoms with Gasteiger partial charge < -0.3 is 10.1 Å². The highest BCUT2D eigenvalue weighted by Gasteiger charge is 2.30. The van der Waals surface area contributed by atoms with Crippen LogP contribution in [0.5, 0.6) is 0 Å². The average molecular weight is 310 g/mol. The predicted octanol–water partition coefficient (Wildman–Crippen LogP) is 2.54. The second-order valence-electron chi connectivity index (χ2n) is 4.44. The Bertz CT molecular complexity index is 537. The number of hydrogen-bond acceptors (Lipinski definition) is 4. The molecule has 0 radical (unpaired) electrons. The van der Waals surface area contributed by atoms with Crippen LogP contribution < -0.4 is 5.32 Å². The van der Waals surface area contributed by atoms with Crippen LogP contribution >= 0.6 is 23.6 Å². The minimum absolute atomic E-state index is 0.0578. The summed E-state index contributed by atoms with van der Waals surface area (Å²) >= 11 is 6.86.